The van der Waals surface area contributed by atoms with Crippen molar-refractivity contribution in [3.05, 3.63) is 29.6 Å². The van der Waals surface area contributed by atoms with Gasteiger partial charge in [0.25, 0.3) is 0 Å². The summed E-state index contributed by atoms with van der Waals surface area (Å²) < 4.78 is 0. The Morgan fingerprint density at radius 1 is 1.12 bits per heavy atom. The summed E-state index contributed by atoms with van der Waals surface area (Å²) in [5.41, 5.74) is 7.60. The minimum Gasteiger partial charge on any atom is -0.368 e. The third-order valence-electron chi connectivity index (χ3n) is 2.16. The largest absolute Gasteiger partial charge is 0.368 e. The molecule has 0 spiro atoms. The molecule has 2 aromatic rings. The summed E-state index contributed by atoms with van der Waals surface area (Å²) in [7, 11) is 0. The Hall–Kier alpha value is -1.62. The van der Waals surface area contributed by atoms with Crippen molar-refractivity contribution in [1.29, 1.82) is 0 Å². The minimum absolute atomic E-state index is 0.232. The number of thiol groups is 1. The summed E-state index contributed by atoms with van der Waals surface area (Å²) >= 11 is 4.41. The molecule has 0 aliphatic carbocycles. The van der Waals surface area contributed by atoms with Gasteiger partial charge in [-0.3, -0.25) is 0 Å². The molecule has 0 unspecified atom stereocenters. The van der Waals surface area contributed by atoms with Crippen molar-refractivity contribution in [2.24, 2.45) is 0 Å². The second kappa shape index (κ2) is 4.09. The van der Waals surface area contributed by atoms with Crippen molar-refractivity contribution in [2.45, 2.75) is 18.7 Å². The maximum absolute atomic E-state index is 5.59. The summed E-state index contributed by atoms with van der Waals surface area (Å²) in [5.74, 6) is 1.40. The first kappa shape index (κ1) is 10.9. The van der Waals surface area contributed by atoms with E-state index in [-0.39, 0.29) is 5.95 Å². The molecule has 2 N–H and O–H groups in total. The second-order valence-electron chi connectivity index (χ2n) is 3.59. The Morgan fingerprint density at radius 2 is 1.88 bits per heavy atom. The van der Waals surface area contributed by atoms with Crippen LogP contribution in [-0.4, -0.2) is 15.0 Å². The number of nitrogens with two attached hydrogens (primary N) is 1. The van der Waals surface area contributed by atoms with Crippen molar-refractivity contribution < 1.29 is 0 Å². The number of hydrogen-bond acceptors (Lipinski definition) is 5. The van der Waals surface area contributed by atoms with E-state index in [1.165, 1.54) is 0 Å². The zero-order chi connectivity index (χ0) is 11.7. The lowest BCUT2D eigenvalue weighted by Gasteiger charge is -2.05. The average molecular weight is 232 g/mol. The van der Waals surface area contributed by atoms with Crippen LogP contribution in [0.15, 0.2) is 23.1 Å². The van der Waals surface area contributed by atoms with Gasteiger partial charge in [-0.2, -0.15) is 9.97 Å². The van der Waals surface area contributed by atoms with Gasteiger partial charge in [0.2, 0.25) is 5.95 Å². The van der Waals surface area contributed by atoms with Crippen LogP contribution in [0.2, 0.25) is 0 Å². The van der Waals surface area contributed by atoms with Gasteiger partial charge in [0.05, 0.1) is 0 Å². The number of nitrogens with zero attached hydrogens (tertiary/aromatic N) is 3. The predicted octanol–water partition coefficient (Wildman–Crippen LogP) is 2.03. The maximum atomic E-state index is 5.59. The van der Waals surface area contributed by atoms with E-state index in [9.17, 15) is 0 Å². The van der Waals surface area contributed by atoms with Crippen LogP contribution in [-0.2, 0) is 0 Å². The smallest absolute Gasteiger partial charge is 0.223 e. The van der Waals surface area contributed by atoms with Crippen LogP contribution in [0.25, 0.3) is 11.4 Å². The lowest BCUT2D eigenvalue weighted by Crippen LogP contribution is -2.02. The number of aromatic nitrogens is 3. The van der Waals surface area contributed by atoms with Crippen LogP contribution in [0.3, 0.4) is 0 Å². The fourth-order valence-electron chi connectivity index (χ4n) is 1.45. The standard InChI is InChI=1S/C11H12N4S/c1-6-3-4-8(9(16)5-6)10-13-7(2)14-11(12)15-10/h3-5,16H,1-2H3,(H2,12,13,14,15). The van der Waals surface area contributed by atoms with E-state index in [0.717, 1.165) is 16.0 Å². The molecule has 0 aliphatic rings. The second-order valence-corrected chi connectivity index (χ2v) is 4.07. The molecule has 0 saturated carbocycles. The monoisotopic (exact) mass is 232 g/mol. The Balaban J connectivity index is 2.58. The fourth-order valence-corrected chi connectivity index (χ4v) is 1.83. The van der Waals surface area contributed by atoms with Gasteiger partial charge in [0, 0.05) is 10.5 Å². The number of anilines is 1. The molecule has 0 saturated heterocycles. The van der Waals surface area contributed by atoms with Gasteiger partial charge in [0.15, 0.2) is 5.82 Å². The van der Waals surface area contributed by atoms with Crippen LogP contribution in [0.1, 0.15) is 11.4 Å². The quantitative estimate of drug-likeness (QED) is 0.738. The van der Waals surface area contributed by atoms with E-state index < -0.39 is 0 Å². The van der Waals surface area contributed by atoms with E-state index >= 15 is 0 Å². The number of aryl methyl sites for hydroxylation is 2. The zero-order valence-electron chi connectivity index (χ0n) is 9.10. The van der Waals surface area contributed by atoms with E-state index in [1.807, 2.05) is 25.1 Å². The van der Waals surface area contributed by atoms with Crippen LogP contribution < -0.4 is 5.73 Å². The van der Waals surface area contributed by atoms with E-state index in [0.29, 0.717) is 11.6 Å². The maximum Gasteiger partial charge on any atom is 0.223 e. The first-order valence-corrected chi connectivity index (χ1v) is 5.29. The third-order valence-corrected chi connectivity index (χ3v) is 2.53. The average Bonchev–Trinajstić information content (AvgIpc) is 2.15. The van der Waals surface area contributed by atoms with E-state index in [4.69, 9.17) is 5.73 Å². The molecular weight excluding hydrogens is 220 g/mol. The highest BCUT2D eigenvalue weighted by molar-refractivity contribution is 7.80. The summed E-state index contributed by atoms with van der Waals surface area (Å²) in [4.78, 5) is 13.1. The molecule has 5 heteroatoms. The predicted molar refractivity (Wildman–Crippen MR) is 66.4 cm³/mol. The van der Waals surface area contributed by atoms with Gasteiger partial charge < -0.3 is 5.73 Å². The van der Waals surface area contributed by atoms with E-state index in [2.05, 4.69) is 27.6 Å². The Morgan fingerprint density at radius 3 is 2.50 bits per heavy atom. The van der Waals surface area contributed by atoms with Gasteiger partial charge in [0.1, 0.15) is 5.82 Å². The molecule has 1 heterocycles. The van der Waals surface area contributed by atoms with Gasteiger partial charge in [-0.15, -0.1) is 12.6 Å². The summed E-state index contributed by atoms with van der Waals surface area (Å²) in [5, 5.41) is 0. The molecule has 0 fully saturated rings. The van der Waals surface area contributed by atoms with Crippen molar-refractivity contribution >= 4 is 18.6 Å². The van der Waals surface area contributed by atoms with Crippen LogP contribution in [0.4, 0.5) is 5.95 Å². The van der Waals surface area contributed by atoms with Gasteiger partial charge >= 0.3 is 0 Å². The molecule has 0 radical (unpaired) electrons. The fraction of sp³-hybridized carbons (Fsp3) is 0.182. The lowest BCUT2D eigenvalue weighted by atomic mass is 10.1. The van der Waals surface area contributed by atoms with Gasteiger partial charge in [-0.25, -0.2) is 4.98 Å². The molecular formula is C11H12N4S. The number of benzene rings is 1. The molecule has 16 heavy (non-hydrogen) atoms. The number of rotatable bonds is 1. The zero-order valence-corrected chi connectivity index (χ0v) is 9.99. The highest BCUT2D eigenvalue weighted by atomic mass is 32.1. The Labute approximate surface area is 99.4 Å². The summed E-state index contributed by atoms with van der Waals surface area (Å²) in [6, 6.07) is 5.89. The molecule has 1 aromatic carbocycles. The number of hydrogen-bond donors (Lipinski definition) is 2. The van der Waals surface area contributed by atoms with Crippen LogP contribution in [0, 0.1) is 13.8 Å². The van der Waals surface area contributed by atoms with Gasteiger partial charge in [-0.1, -0.05) is 6.07 Å². The molecule has 1 aromatic heterocycles. The normalized spacial score (nSPS) is 10.4. The first-order valence-electron chi connectivity index (χ1n) is 4.84. The van der Waals surface area contributed by atoms with Crippen molar-refractivity contribution in [2.75, 3.05) is 5.73 Å². The van der Waals surface area contributed by atoms with Crippen molar-refractivity contribution in [3.63, 3.8) is 0 Å². The van der Waals surface area contributed by atoms with Crippen LogP contribution >= 0.6 is 12.6 Å². The Kier molecular flexibility index (Phi) is 2.78. The molecule has 0 amide bonds. The molecule has 0 bridgehead atoms. The lowest BCUT2D eigenvalue weighted by molar-refractivity contribution is 0.992. The molecule has 2 rings (SSSR count). The Bertz CT molecular complexity index is 519. The first-order chi connectivity index (χ1) is 7.56. The third kappa shape index (κ3) is 2.14. The van der Waals surface area contributed by atoms with E-state index in [1.54, 1.807) is 6.92 Å². The minimum atomic E-state index is 0.232. The highest BCUT2D eigenvalue weighted by Gasteiger charge is 2.07. The number of nitrogen functional groups attached to an aromatic ring is 1. The summed E-state index contributed by atoms with van der Waals surface area (Å²) in [6.07, 6.45) is 0. The van der Waals surface area contributed by atoms with Gasteiger partial charge in [-0.05, 0) is 31.5 Å². The van der Waals surface area contributed by atoms with Crippen molar-refractivity contribution in [1.82, 2.24) is 15.0 Å². The topological polar surface area (TPSA) is 64.7 Å². The van der Waals surface area contributed by atoms with Crippen LogP contribution in [0.5, 0.6) is 0 Å². The summed E-state index contributed by atoms with van der Waals surface area (Å²) in [6.45, 7) is 3.80. The van der Waals surface area contributed by atoms with Crippen molar-refractivity contribution in [3.8, 4) is 11.4 Å². The molecule has 0 atom stereocenters. The molecule has 82 valence electrons. The molecule has 4 nitrogen and oxygen atoms in total. The SMILES string of the molecule is Cc1ccc(-c2nc(C)nc(N)n2)c(S)c1. The molecule has 0 aliphatic heterocycles. The highest BCUT2D eigenvalue weighted by Crippen LogP contribution is 2.24.